The first kappa shape index (κ1) is 15.0. The largest absolute Gasteiger partial charge is 0.354 e. The molecule has 0 bridgehead atoms. The molecule has 1 aromatic heterocycles. The monoisotopic (exact) mass is 299 g/mol. The highest BCUT2D eigenvalue weighted by molar-refractivity contribution is 7.91. The van der Waals surface area contributed by atoms with Crippen molar-refractivity contribution < 1.29 is 8.42 Å². The lowest BCUT2D eigenvalue weighted by molar-refractivity contribution is 0.600. The summed E-state index contributed by atoms with van der Waals surface area (Å²) in [6.45, 7) is 4.12. The highest BCUT2D eigenvalue weighted by atomic mass is 32.2. The van der Waals surface area contributed by atoms with Crippen LogP contribution in [0.4, 0.5) is 11.8 Å². The molecule has 2 heterocycles. The molecule has 0 saturated carbocycles. The average Bonchev–Trinajstić information content (AvgIpc) is 2.78. The number of nitrogens with zero attached hydrogens (tertiary/aromatic N) is 4. The van der Waals surface area contributed by atoms with E-state index in [0.29, 0.717) is 18.2 Å². The first-order valence-corrected chi connectivity index (χ1v) is 8.63. The van der Waals surface area contributed by atoms with Crippen LogP contribution in [0.1, 0.15) is 26.7 Å². The number of sulfone groups is 1. The van der Waals surface area contributed by atoms with E-state index in [1.54, 1.807) is 6.20 Å². The summed E-state index contributed by atoms with van der Waals surface area (Å²) < 4.78 is 23.1. The molecule has 0 aromatic carbocycles. The number of anilines is 2. The lowest BCUT2D eigenvalue weighted by atomic mass is 10.2. The topological polar surface area (TPSA) is 88.1 Å². The van der Waals surface area contributed by atoms with Crippen LogP contribution >= 0.6 is 0 Å². The van der Waals surface area contributed by atoms with Gasteiger partial charge in [-0.1, -0.05) is 6.92 Å². The summed E-state index contributed by atoms with van der Waals surface area (Å²) in [6, 6.07) is 0.234. The maximum absolute atomic E-state index is 11.5. The van der Waals surface area contributed by atoms with E-state index in [0.717, 1.165) is 6.42 Å². The van der Waals surface area contributed by atoms with E-state index in [1.807, 2.05) is 18.9 Å². The first-order valence-electron chi connectivity index (χ1n) is 6.81. The zero-order valence-corrected chi connectivity index (χ0v) is 12.9. The molecular weight excluding hydrogens is 278 g/mol. The Balaban J connectivity index is 2.10. The third-order valence-corrected chi connectivity index (χ3v) is 5.40. The summed E-state index contributed by atoms with van der Waals surface area (Å²) in [4.78, 5) is 6.28. The molecule has 1 aliphatic heterocycles. The van der Waals surface area contributed by atoms with Gasteiger partial charge in [-0.3, -0.25) is 0 Å². The van der Waals surface area contributed by atoms with Crippen LogP contribution in [0.3, 0.4) is 0 Å². The third kappa shape index (κ3) is 3.56. The highest BCUT2D eigenvalue weighted by Crippen LogP contribution is 2.21. The Labute approximate surface area is 119 Å². The van der Waals surface area contributed by atoms with Gasteiger partial charge in [-0.25, -0.2) is 8.42 Å². The third-order valence-electron chi connectivity index (χ3n) is 3.65. The van der Waals surface area contributed by atoms with E-state index >= 15 is 0 Å². The quantitative estimate of drug-likeness (QED) is 0.856. The Hall–Kier alpha value is -1.44. The van der Waals surface area contributed by atoms with E-state index in [2.05, 4.69) is 27.4 Å². The SMILES string of the molecule is CCC(C)Nc1nncc(N(C)C2CCS(=O)(=O)C2)n1. The molecule has 1 aliphatic rings. The van der Waals surface area contributed by atoms with Crippen molar-refractivity contribution in [3.63, 3.8) is 0 Å². The standard InChI is InChI=1S/C12H21N5O2S/c1-4-9(2)14-12-15-11(7-13-16-12)17(3)10-5-6-20(18,19)8-10/h7,9-10H,4-6,8H2,1-3H3,(H,14,15,16). The maximum Gasteiger partial charge on any atom is 0.244 e. The molecule has 8 heteroatoms. The molecule has 1 N–H and O–H groups in total. The van der Waals surface area contributed by atoms with E-state index in [9.17, 15) is 8.42 Å². The van der Waals surface area contributed by atoms with Gasteiger partial charge >= 0.3 is 0 Å². The number of nitrogens with one attached hydrogen (secondary N) is 1. The van der Waals surface area contributed by atoms with Crippen molar-refractivity contribution in [3.05, 3.63) is 6.20 Å². The van der Waals surface area contributed by atoms with Crippen LogP contribution in [0.25, 0.3) is 0 Å². The van der Waals surface area contributed by atoms with Crippen molar-refractivity contribution in [2.75, 3.05) is 28.8 Å². The van der Waals surface area contributed by atoms with Gasteiger partial charge in [0.15, 0.2) is 15.7 Å². The summed E-state index contributed by atoms with van der Waals surface area (Å²) in [5.41, 5.74) is 0. The summed E-state index contributed by atoms with van der Waals surface area (Å²) in [6.07, 6.45) is 3.16. The molecule has 1 fully saturated rings. The van der Waals surface area contributed by atoms with Gasteiger partial charge in [0.2, 0.25) is 5.95 Å². The zero-order chi connectivity index (χ0) is 14.8. The van der Waals surface area contributed by atoms with Gasteiger partial charge in [0, 0.05) is 19.1 Å². The Morgan fingerprint density at radius 2 is 2.30 bits per heavy atom. The molecule has 0 amide bonds. The van der Waals surface area contributed by atoms with Crippen molar-refractivity contribution in [1.82, 2.24) is 15.2 Å². The normalized spacial score (nSPS) is 22.4. The predicted molar refractivity (Wildman–Crippen MR) is 78.7 cm³/mol. The average molecular weight is 299 g/mol. The summed E-state index contributed by atoms with van der Waals surface area (Å²) in [5, 5.41) is 11.0. The van der Waals surface area contributed by atoms with Crippen molar-refractivity contribution >= 4 is 21.6 Å². The van der Waals surface area contributed by atoms with Crippen LogP contribution in [0.15, 0.2) is 6.20 Å². The van der Waals surface area contributed by atoms with Crippen molar-refractivity contribution in [3.8, 4) is 0 Å². The first-order chi connectivity index (χ1) is 9.41. The highest BCUT2D eigenvalue weighted by Gasteiger charge is 2.31. The van der Waals surface area contributed by atoms with Gasteiger partial charge < -0.3 is 10.2 Å². The zero-order valence-electron chi connectivity index (χ0n) is 12.1. The minimum atomic E-state index is -2.90. The molecule has 20 heavy (non-hydrogen) atoms. The lowest BCUT2D eigenvalue weighted by Crippen LogP contribution is -2.33. The second kappa shape index (κ2) is 5.90. The fourth-order valence-electron chi connectivity index (χ4n) is 2.12. The van der Waals surface area contributed by atoms with Crippen molar-refractivity contribution in [2.24, 2.45) is 0 Å². The van der Waals surface area contributed by atoms with E-state index < -0.39 is 9.84 Å². The summed E-state index contributed by atoms with van der Waals surface area (Å²) >= 11 is 0. The van der Waals surface area contributed by atoms with Crippen LogP contribution in [0.5, 0.6) is 0 Å². The maximum atomic E-state index is 11.5. The number of rotatable bonds is 5. The minimum absolute atomic E-state index is 0.0341. The van der Waals surface area contributed by atoms with Gasteiger partial charge in [-0.15, -0.1) is 5.10 Å². The molecule has 7 nitrogen and oxygen atoms in total. The molecule has 112 valence electrons. The van der Waals surface area contributed by atoms with Gasteiger partial charge in [0.25, 0.3) is 0 Å². The second-order valence-electron chi connectivity index (χ2n) is 5.26. The molecular formula is C12H21N5O2S. The van der Waals surface area contributed by atoms with Crippen LogP contribution in [-0.2, 0) is 9.84 Å². The number of hydrogen-bond donors (Lipinski definition) is 1. The van der Waals surface area contributed by atoms with Crippen molar-refractivity contribution in [1.29, 1.82) is 0 Å². The number of aromatic nitrogens is 3. The van der Waals surface area contributed by atoms with E-state index in [4.69, 9.17) is 0 Å². The van der Waals surface area contributed by atoms with Gasteiger partial charge in [0.1, 0.15) is 0 Å². The Bertz CT molecular complexity index is 563. The molecule has 1 saturated heterocycles. The van der Waals surface area contributed by atoms with Gasteiger partial charge in [-0.05, 0) is 19.8 Å². The second-order valence-corrected chi connectivity index (χ2v) is 7.49. The Morgan fingerprint density at radius 1 is 1.55 bits per heavy atom. The van der Waals surface area contributed by atoms with Gasteiger partial charge in [0.05, 0.1) is 17.7 Å². The lowest BCUT2D eigenvalue weighted by Gasteiger charge is -2.24. The van der Waals surface area contributed by atoms with Crippen LogP contribution < -0.4 is 10.2 Å². The van der Waals surface area contributed by atoms with Crippen LogP contribution in [-0.4, -0.2) is 54.2 Å². The molecule has 0 spiro atoms. The fraction of sp³-hybridized carbons (Fsp3) is 0.750. The molecule has 0 aliphatic carbocycles. The smallest absolute Gasteiger partial charge is 0.244 e. The molecule has 1 aromatic rings. The molecule has 2 unspecified atom stereocenters. The summed E-state index contributed by atoms with van der Waals surface area (Å²) in [5.74, 6) is 1.55. The molecule has 2 atom stereocenters. The van der Waals surface area contributed by atoms with Crippen LogP contribution in [0, 0.1) is 0 Å². The van der Waals surface area contributed by atoms with Crippen LogP contribution in [0.2, 0.25) is 0 Å². The molecule has 0 radical (unpaired) electrons. The predicted octanol–water partition coefficient (Wildman–Crippen LogP) is 0.705. The number of hydrogen-bond acceptors (Lipinski definition) is 7. The fourth-order valence-corrected chi connectivity index (χ4v) is 3.89. The summed E-state index contributed by atoms with van der Waals surface area (Å²) in [7, 11) is -1.05. The Kier molecular flexibility index (Phi) is 4.42. The Morgan fingerprint density at radius 3 is 2.90 bits per heavy atom. The van der Waals surface area contributed by atoms with Gasteiger partial charge in [-0.2, -0.15) is 10.1 Å². The molecule has 2 rings (SSSR count). The minimum Gasteiger partial charge on any atom is -0.354 e. The van der Waals surface area contributed by atoms with Crippen molar-refractivity contribution in [2.45, 2.75) is 38.8 Å². The van der Waals surface area contributed by atoms with E-state index in [-0.39, 0.29) is 23.6 Å². The van der Waals surface area contributed by atoms with E-state index in [1.165, 1.54) is 0 Å².